The number of fused-ring (bicyclic) bond motifs is 1. The van der Waals surface area contributed by atoms with E-state index in [2.05, 4.69) is 30.7 Å². The van der Waals surface area contributed by atoms with Crippen molar-refractivity contribution in [1.82, 2.24) is 19.2 Å². The second-order valence-electron chi connectivity index (χ2n) is 11.5. The topological polar surface area (TPSA) is 93.5 Å². The third-order valence-corrected chi connectivity index (χ3v) is 9.35. The van der Waals surface area contributed by atoms with Gasteiger partial charge in [0.1, 0.15) is 5.82 Å². The molecule has 3 fully saturated rings. The predicted molar refractivity (Wildman–Crippen MR) is 141 cm³/mol. The van der Waals surface area contributed by atoms with Crippen molar-refractivity contribution in [3.8, 4) is 0 Å². The molecule has 3 aliphatic rings. The molecule has 1 amide bonds. The first-order valence-electron chi connectivity index (χ1n) is 13.0. The molecule has 1 saturated carbocycles. The van der Waals surface area contributed by atoms with E-state index < -0.39 is 10.0 Å². The average Bonchev–Trinajstić information content (AvgIpc) is 3.57. The molecule has 2 saturated heterocycles. The lowest BCUT2D eigenvalue weighted by Crippen LogP contribution is -2.45. The number of rotatable bonds is 6. The van der Waals surface area contributed by atoms with Gasteiger partial charge in [0.25, 0.3) is 0 Å². The van der Waals surface area contributed by atoms with Crippen LogP contribution in [0.1, 0.15) is 72.5 Å². The minimum atomic E-state index is -3.71. The zero-order valence-electron chi connectivity index (χ0n) is 21.1. The van der Waals surface area contributed by atoms with Gasteiger partial charge in [-0.1, -0.05) is 28.2 Å². The summed E-state index contributed by atoms with van der Waals surface area (Å²) in [5.74, 6) is 1.21. The molecule has 200 valence electrons. The Balaban J connectivity index is 0.00000304. The fourth-order valence-electron chi connectivity index (χ4n) is 5.29. The van der Waals surface area contributed by atoms with Gasteiger partial charge in [-0.25, -0.2) is 13.4 Å². The summed E-state index contributed by atoms with van der Waals surface area (Å²) in [5.41, 5.74) is 1.52. The number of carbonyl (C=O) groups is 1. The Morgan fingerprint density at radius 1 is 1.14 bits per heavy atom. The number of aromatic nitrogens is 2. The highest BCUT2D eigenvalue weighted by molar-refractivity contribution is 7.89. The van der Waals surface area contributed by atoms with Gasteiger partial charge in [-0.05, 0) is 62.6 Å². The van der Waals surface area contributed by atoms with Gasteiger partial charge in [0, 0.05) is 44.3 Å². The lowest BCUT2D eigenvalue weighted by Gasteiger charge is -2.31. The van der Waals surface area contributed by atoms with Crippen LogP contribution in [0, 0.1) is 11.8 Å². The van der Waals surface area contributed by atoms with E-state index in [0.717, 1.165) is 63.2 Å². The van der Waals surface area contributed by atoms with Crippen LogP contribution in [0.2, 0.25) is 0 Å². The first-order chi connectivity index (χ1) is 16.6. The molecule has 0 spiro atoms. The van der Waals surface area contributed by atoms with Crippen molar-refractivity contribution < 1.29 is 17.9 Å². The van der Waals surface area contributed by atoms with Crippen LogP contribution in [0.15, 0.2) is 23.1 Å². The molecule has 1 atom stereocenters. The molecule has 3 heterocycles. The molecular weight excluding hydrogens is 476 g/mol. The number of hydrogen-bond acceptors (Lipinski definition) is 5. The number of carbonyl (C=O) groups excluding carboxylic acids is 1. The maximum atomic E-state index is 13.6. The van der Waals surface area contributed by atoms with Crippen LogP contribution in [0.25, 0.3) is 11.0 Å². The minimum absolute atomic E-state index is 0. The standard InChI is InChI=1S/C26H38N4O4S.CH4/c1-26(2,3)25-28-22-15-21(8-9-23(22)30(25)16-18-10-13-34-14-11-18)35(32,33)29-12-4-5-19(17-29)24(31)27-20-6-7-20;/h8-9,15,18-20H,4-7,10-14,16-17H2,1-3H3,(H,27,31);1H4/t19-;/m0./s1. The molecule has 0 unspecified atom stereocenters. The van der Waals surface area contributed by atoms with Crippen LogP contribution in [-0.2, 0) is 31.5 Å². The summed E-state index contributed by atoms with van der Waals surface area (Å²) in [6, 6.07) is 5.62. The van der Waals surface area contributed by atoms with Crippen LogP contribution >= 0.6 is 0 Å². The molecule has 36 heavy (non-hydrogen) atoms. The SMILES string of the molecule is C.CC(C)(C)c1nc2cc(S(=O)(=O)N3CCC[C@H](C(=O)NC4CC4)C3)ccc2n1CC1CCOCC1. The highest BCUT2D eigenvalue weighted by Gasteiger charge is 2.35. The van der Waals surface area contributed by atoms with E-state index in [-0.39, 0.29) is 42.1 Å². The minimum Gasteiger partial charge on any atom is -0.381 e. The van der Waals surface area contributed by atoms with Crippen molar-refractivity contribution in [1.29, 1.82) is 0 Å². The van der Waals surface area contributed by atoms with Gasteiger partial charge < -0.3 is 14.6 Å². The zero-order chi connectivity index (χ0) is 24.8. The van der Waals surface area contributed by atoms with E-state index in [0.29, 0.717) is 24.4 Å². The molecule has 1 aromatic heterocycles. The van der Waals surface area contributed by atoms with Crippen molar-refractivity contribution >= 4 is 27.0 Å². The Labute approximate surface area is 215 Å². The molecule has 1 N–H and O–H groups in total. The summed E-state index contributed by atoms with van der Waals surface area (Å²) in [7, 11) is -3.71. The predicted octanol–water partition coefficient (Wildman–Crippen LogP) is 4.08. The molecule has 0 radical (unpaired) electrons. The molecule has 2 aromatic rings. The van der Waals surface area contributed by atoms with Crippen molar-refractivity contribution in [3.63, 3.8) is 0 Å². The lowest BCUT2D eigenvalue weighted by atomic mass is 9.94. The van der Waals surface area contributed by atoms with Crippen LogP contribution in [0.3, 0.4) is 0 Å². The first-order valence-corrected chi connectivity index (χ1v) is 14.5. The smallest absolute Gasteiger partial charge is 0.243 e. The highest BCUT2D eigenvalue weighted by atomic mass is 32.2. The first kappa shape index (κ1) is 27.1. The van der Waals surface area contributed by atoms with Crippen molar-refractivity contribution in [2.24, 2.45) is 11.8 Å². The van der Waals surface area contributed by atoms with Gasteiger partial charge >= 0.3 is 0 Å². The molecule has 1 aliphatic carbocycles. The van der Waals surface area contributed by atoms with Gasteiger partial charge in [-0.3, -0.25) is 4.79 Å². The Bertz CT molecular complexity index is 1190. The van der Waals surface area contributed by atoms with E-state index in [1.165, 1.54) is 4.31 Å². The number of nitrogens with one attached hydrogen (secondary N) is 1. The highest BCUT2D eigenvalue weighted by Crippen LogP contribution is 2.32. The summed E-state index contributed by atoms with van der Waals surface area (Å²) in [4.78, 5) is 17.8. The Morgan fingerprint density at radius 3 is 2.53 bits per heavy atom. The fraction of sp³-hybridized carbons (Fsp3) is 0.704. The van der Waals surface area contributed by atoms with E-state index in [4.69, 9.17) is 9.72 Å². The van der Waals surface area contributed by atoms with E-state index in [9.17, 15) is 13.2 Å². The third-order valence-electron chi connectivity index (χ3n) is 7.49. The fourth-order valence-corrected chi connectivity index (χ4v) is 6.83. The lowest BCUT2D eigenvalue weighted by molar-refractivity contribution is -0.126. The van der Waals surface area contributed by atoms with Crippen molar-refractivity contribution in [2.75, 3.05) is 26.3 Å². The van der Waals surface area contributed by atoms with Gasteiger partial charge in [0.05, 0.1) is 21.8 Å². The normalized spacial score (nSPS) is 22.4. The van der Waals surface area contributed by atoms with E-state index in [1.54, 1.807) is 12.1 Å². The molecule has 9 heteroatoms. The van der Waals surface area contributed by atoms with Gasteiger partial charge in [-0.2, -0.15) is 4.31 Å². The molecule has 8 nitrogen and oxygen atoms in total. The van der Waals surface area contributed by atoms with Gasteiger partial charge in [-0.15, -0.1) is 0 Å². The molecular formula is C27H42N4O4S. The second kappa shape index (κ2) is 10.4. The quantitative estimate of drug-likeness (QED) is 0.622. The summed E-state index contributed by atoms with van der Waals surface area (Å²) in [5, 5.41) is 3.03. The molecule has 1 aromatic carbocycles. The maximum absolute atomic E-state index is 13.6. The zero-order valence-corrected chi connectivity index (χ0v) is 21.9. The monoisotopic (exact) mass is 518 g/mol. The van der Waals surface area contributed by atoms with Crippen LogP contribution in [0.5, 0.6) is 0 Å². The Hall–Kier alpha value is -1.97. The summed E-state index contributed by atoms with van der Waals surface area (Å²) in [6.45, 7) is 9.57. The van der Waals surface area contributed by atoms with Crippen LogP contribution < -0.4 is 5.32 Å². The van der Waals surface area contributed by atoms with Crippen molar-refractivity contribution in [2.45, 2.75) is 89.6 Å². The number of benzene rings is 1. The summed E-state index contributed by atoms with van der Waals surface area (Å²) in [6.07, 6.45) is 5.53. The summed E-state index contributed by atoms with van der Waals surface area (Å²) >= 11 is 0. The molecule has 5 rings (SSSR count). The van der Waals surface area contributed by atoms with Gasteiger partial charge in [0.2, 0.25) is 15.9 Å². The number of amides is 1. The largest absolute Gasteiger partial charge is 0.381 e. The number of sulfonamides is 1. The van der Waals surface area contributed by atoms with Crippen molar-refractivity contribution in [3.05, 3.63) is 24.0 Å². The molecule has 0 bridgehead atoms. The number of hydrogen-bond donors (Lipinski definition) is 1. The number of piperidine rings is 1. The average molecular weight is 519 g/mol. The van der Waals surface area contributed by atoms with Gasteiger partial charge in [0.15, 0.2) is 0 Å². The summed E-state index contributed by atoms with van der Waals surface area (Å²) < 4.78 is 36.5. The molecule has 2 aliphatic heterocycles. The number of nitrogens with zero attached hydrogens (tertiary/aromatic N) is 3. The maximum Gasteiger partial charge on any atom is 0.243 e. The Kier molecular flexibility index (Phi) is 7.84. The van der Waals surface area contributed by atoms with E-state index >= 15 is 0 Å². The Morgan fingerprint density at radius 2 is 1.86 bits per heavy atom. The third kappa shape index (κ3) is 5.63. The van der Waals surface area contributed by atoms with Crippen LogP contribution in [-0.4, -0.2) is 60.5 Å². The van der Waals surface area contributed by atoms with Crippen LogP contribution in [0.4, 0.5) is 0 Å². The second-order valence-corrected chi connectivity index (χ2v) is 13.4. The number of ether oxygens (including phenoxy) is 1. The number of imidazole rings is 1. The van der Waals surface area contributed by atoms with E-state index in [1.807, 2.05) is 6.07 Å².